The van der Waals surface area contributed by atoms with Gasteiger partial charge in [0, 0.05) is 18.4 Å². The number of alkyl carbamates (subject to hydrolysis) is 1. The summed E-state index contributed by atoms with van der Waals surface area (Å²) in [6.07, 6.45) is -0.675. The molecule has 0 aliphatic heterocycles. The summed E-state index contributed by atoms with van der Waals surface area (Å²) in [5.74, 6) is -0.388. The van der Waals surface area contributed by atoms with Gasteiger partial charge in [0.1, 0.15) is 11.6 Å². The molecule has 156 valence electrons. The van der Waals surface area contributed by atoms with Gasteiger partial charge in [-0.25, -0.2) is 4.79 Å². The Balaban J connectivity index is 2.00. The maximum Gasteiger partial charge on any atom is 0.408 e. The van der Waals surface area contributed by atoms with Crippen molar-refractivity contribution >= 4 is 23.4 Å². The van der Waals surface area contributed by atoms with Crippen LogP contribution in [0.4, 0.5) is 16.2 Å². The molecule has 0 saturated heterocycles. The number of anilines is 2. The van der Waals surface area contributed by atoms with Crippen molar-refractivity contribution in [2.24, 2.45) is 0 Å². The fourth-order valence-electron chi connectivity index (χ4n) is 2.45. The zero-order valence-corrected chi connectivity index (χ0v) is 17.3. The molecule has 0 heterocycles. The maximum atomic E-state index is 12.7. The summed E-state index contributed by atoms with van der Waals surface area (Å²) in [4.78, 5) is 24.9. The third-order valence-corrected chi connectivity index (χ3v) is 3.84. The van der Waals surface area contributed by atoms with Crippen LogP contribution in [0, 0.1) is 0 Å². The molecular weight excluding hydrogens is 370 g/mol. The first-order valence-corrected chi connectivity index (χ1v) is 9.47. The van der Waals surface area contributed by atoms with Crippen molar-refractivity contribution in [1.29, 1.82) is 0 Å². The van der Waals surface area contributed by atoms with Gasteiger partial charge in [-0.2, -0.15) is 0 Å². The van der Waals surface area contributed by atoms with Crippen LogP contribution in [0.15, 0.2) is 54.6 Å². The molecule has 0 aromatic heterocycles. The van der Waals surface area contributed by atoms with Crippen LogP contribution < -0.4 is 16.0 Å². The molecule has 2 rings (SSSR count). The van der Waals surface area contributed by atoms with E-state index >= 15 is 0 Å². The molecule has 0 aliphatic rings. The monoisotopic (exact) mass is 399 g/mol. The number of carbonyl (C=O) groups is 2. The first-order chi connectivity index (χ1) is 13.8. The fourth-order valence-corrected chi connectivity index (χ4v) is 2.45. The first kappa shape index (κ1) is 22.2. The van der Waals surface area contributed by atoms with E-state index < -0.39 is 17.7 Å². The van der Waals surface area contributed by atoms with Gasteiger partial charge in [0.05, 0.1) is 13.2 Å². The molecule has 0 aliphatic carbocycles. The summed E-state index contributed by atoms with van der Waals surface area (Å²) in [6.45, 7) is 5.62. The Morgan fingerprint density at radius 2 is 1.59 bits per heavy atom. The van der Waals surface area contributed by atoms with Crippen LogP contribution in [-0.4, -0.2) is 37.3 Å². The van der Waals surface area contributed by atoms with E-state index in [1.165, 1.54) is 0 Å². The first-order valence-electron chi connectivity index (χ1n) is 9.47. The topological polar surface area (TPSA) is 88.7 Å². The van der Waals surface area contributed by atoms with Gasteiger partial charge in [0.15, 0.2) is 0 Å². The quantitative estimate of drug-likeness (QED) is 0.629. The standard InChI is InChI=1S/C22H29N3O4/c1-22(2,3)29-21(27)25-19(15-28-14-16-8-6-5-7-9-16)20(26)24-18-12-10-17(23-4)11-13-18/h5-13,19,23H,14-15H2,1-4H3,(H,24,26)(H,25,27). The molecule has 1 unspecified atom stereocenters. The number of ether oxygens (including phenoxy) is 2. The van der Waals surface area contributed by atoms with Crippen LogP contribution in [-0.2, 0) is 20.9 Å². The van der Waals surface area contributed by atoms with Gasteiger partial charge in [-0.3, -0.25) is 4.79 Å². The minimum atomic E-state index is -0.905. The van der Waals surface area contributed by atoms with Gasteiger partial charge < -0.3 is 25.4 Å². The van der Waals surface area contributed by atoms with Crippen LogP contribution in [0.1, 0.15) is 26.3 Å². The molecule has 2 amide bonds. The Morgan fingerprint density at radius 1 is 0.966 bits per heavy atom. The second-order valence-corrected chi connectivity index (χ2v) is 7.52. The lowest BCUT2D eigenvalue weighted by Crippen LogP contribution is -2.48. The molecule has 29 heavy (non-hydrogen) atoms. The highest BCUT2D eigenvalue weighted by Crippen LogP contribution is 2.13. The zero-order chi connectivity index (χ0) is 21.3. The van der Waals surface area contributed by atoms with Crippen LogP contribution in [0.5, 0.6) is 0 Å². The molecule has 7 nitrogen and oxygen atoms in total. The number of amides is 2. The molecule has 0 fully saturated rings. The minimum absolute atomic E-state index is 0.00850. The molecule has 0 spiro atoms. The van der Waals surface area contributed by atoms with Crippen molar-refractivity contribution in [2.45, 2.75) is 39.0 Å². The van der Waals surface area contributed by atoms with Gasteiger partial charge >= 0.3 is 6.09 Å². The van der Waals surface area contributed by atoms with E-state index in [1.807, 2.05) is 49.5 Å². The van der Waals surface area contributed by atoms with Crippen molar-refractivity contribution < 1.29 is 19.1 Å². The van der Waals surface area contributed by atoms with Gasteiger partial charge in [0.25, 0.3) is 0 Å². The number of rotatable bonds is 8. The number of benzene rings is 2. The summed E-state index contributed by atoms with van der Waals surface area (Å²) in [5.41, 5.74) is 1.86. The number of carbonyl (C=O) groups excluding carboxylic acids is 2. The lowest BCUT2D eigenvalue weighted by molar-refractivity contribution is -0.119. The van der Waals surface area contributed by atoms with Gasteiger partial charge in [-0.15, -0.1) is 0 Å². The summed E-state index contributed by atoms with van der Waals surface area (Å²) in [7, 11) is 1.82. The number of nitrogens with one attached hydrogen (secondary N) is 3. The van der Waals surface area contributed by atoms with Crippen LogP contribution in [0.25, 0.3) is 0 Å². The largest absolute Gasteiger partial charge is 0.444 e. The Labute approximate surface area is 171 Å². The summed E-state index contributed by atoms with van der Waals surface area (Å²) < 4.78 is 10.9. The van der Waals surface area contributed by atoms with Gasteiger partial charge in [-0.1, -0.05) is 30.3 Å². The summed E-state index contributed by atoms with van der Waals surface area (Å²) in [6, 6.07) is 15.9. The second kappa shape index (κ2) is 10.5. The molecule has 7 heteroatoms. The van der Waals surface area contributed by atoms with E-state index in [1.54, 1.807) is 32.9 Å². The molecular formula is C22H29N3O4. The smallest absolute Gasteiger partial charge is 0.408 e. The molecule has 0 saturated carbocycles. The second-order valence-electron chi connectivity index (χ2n) is 7.52. The van der Waals surface area contributed by atoms with E-state index in [2.05, 4.69) is 16.0 Å². The van der Waals surface area contributed by atoms with E-state index in [4.69, 9.17) is 9.47 Å². The summed E-state index contributed by atoms with van der Waals surface area (Å²) in [5, 5.41) is 8.40. The van der Waals surface area contributed by atoms with Crippen molar-refractivity contribution in [2.75, 3.05) is 24.3 Å². The average molecular weight is 399 g/mol. The molecule has 2 aromatic carbocycles. The van der Waals surface area contributed by atoms with Crippen molar-refractivity contribution in [3.8, 4) is 0 Å². The van der Waals surface area contributed by atoms with E-state index in [0.29, 0.717) is 12.3 Å². The van der Waals surface area contributed by atoms with Crippen molar-refractivity contribution in [1.82, 2.24) is 5.32 Å². The highest BCUT2D eigenvalue weighted by molar-refractivity contribution is 5.96. The third-order valence-electron chi connectivity index (χ3n) is 3.84. The zero-order valence-electron chi connectivity index (χ0n) is 17.3. The van der Waals surface area contributed by atoms with Gasteiger partial charge in [-0.05, 0) is 50.6 Å². The average Bonchev–Trinajstić information content (AvgIpc) is 2.67. The molecule has 3 N–H and O–H groups in total. The fraction of sp³-hybridized carbons (Fsp3) is 0.364. The van der Waals surface area contributed by atoms with Gasteiger partial charge in [0.2, 0.25) is 5.91 Å². The van der Waals surface area contributed by atoms with Crippen LogP contribution >= 0.6 is 0 Å². The third kappa shape index (κ3) is 8.23. The SMILES string of the molecule is CNc1ccc(NC(=O)C(COCc2ccccc2)NC(=O)OC(C)(C)C)cc1. The summed E-state index contributed by atoms with van der Waals surface area (Å²) >= 11 is 0. The Hall–Kier alpha value is -3.06. The highest BCUT2D eigenvalue weighted by atomic mass is 16.6. The molecule has 0 radical (unpaired) electrons. The normalized spacial score (nSPS) is 12.0. The Kier molecular flexibility index (Phi) is 8.03. The van der Waals surface area contributed by atoms with Crippen LogP contribution in [0.2, 0.25) is 0 Å². The lowest BCUT2D eigenvalue weighted by atomic mass is 10.2. The molecule has 0 bridgehead atoms. The molecule has 1 atom stereocenters. The van der Waals surface area contributed by atoms with Crippen LogP contribution in [0.3, 0.4) is 0 Å². The predicted molar refractivity (Wildman–Crippen MR) is 114 cm³/mol. The Bertz CT molecular complexity index is 786. The van der Waals surface area contributed by atoms with Crippen molar-refractivity contribution in [3.05, 3.63) is 60.2 Å². The number of hydrogen-bond donors (Lipinski definition) is 3. The lowest BCUT2D eigenvalue weighted by Gasteiger charge is -2.23. The van der Waals surface area contributed by atoms with Crippen molar-refractivity contribution in [3.63, 3.8) is 0 Å². The maximum absolute atomic E-state index is 12.7. The molecule has 2 aromatic rings. The number of hydrogen-bond acceptors (Lipinski definition) is 5. The van der Waals surface area contributed by atoms with E-state index in [9.17, 15) is 9.59 Å². The van der Waals surface area contributed by atoms with E-state index in [-0.39, 0.29) is 12.5 Å². The highest BCUT2D eigenvalue weighted by Gasteiger charge is 2.25. The Morgan fingerprint density at radius 3 is 2.17 bits per heavy atom. The predicted octanol–water partition coefficient (Wildman–Crippen LogP) is 3.78. The van der Waals surface area contributed by atoms with E-state index in [0.717, 1.165) is 11.3 Å². The minimum Gasteiger partial charge on any atom is -0.444 e.